The highest BCUT2D eigenvalue weighted by Crippen LogP contribution is 2.31. The highest BCUT2D eigenvalue weighted by molar-refractivity contribution is 5.91. The van der Waals surface area contributed by atoms with Gasteiger partial charge in [0, 0.05) is 36.5 Å². The molecule has 2 fully saturated rings. The number of piperidine rings is 1. The average molecular weight is 486 g/mol. The average Bonchev–Trinajstić information content (AvgIpc) is 3.25. The third kappa shape index (κ3) is 5.35. The van der Waals surface area contributed by atoms with Crippen molar-refractivity contribution in [3.05, 3.63) is 42.3 Å². The fourth-order valence-corrected chi connectivity index (χ4v) is 4.30. The van der Waals surface area contributed by atoms with E-state index in [1.165, 1.54) is 11.0 Å². The summed E-state index contributed by atoms with van der Waals surface area (Å²) >= 11 is 0. The first-order chi connectivity index (χ1) is 16.8. The number of pyridine rings is 1. The fourth-order valence-electron chi connectivity index (χ4n) is 4.30. The monoisotopic (exact) mass is 485 g/mol. The van der Waals surface area contributed by atoms with Crippen molar-refractivity contribution in [2.45, 2.75) is 31.9 Å². The number of primary amides is 1. The quantitative estimate of drug-likeness (QED) is 0.539. The summed E-state index contributed by atoms with van der Waals surface area (Å²) < 4.78 is 20.2. The van der Waals surface area contributed by atoms with Gasteiger partial charge in [-0.2, -0.15) is 0 Å². The van der Waals surface area contributed by atoms with Gasteiger partial charge in [0.2, 0.25) is 11.8 Å². The number of rotatable bonds is 7. The zero-order chi connectivity index (χ0) is 25.1. The summed E-state index contributed by atoms with van der Waals surface area (Å²) in [6.07, 6.45) is 1.74. The normalized spacial score (nSPS) is 19.4. The summed E-state index contributed by atoms with van der Waals surface area (Å²) in [4.78, 5) is 42.8. The van der Waals surface area contributed by atoms with E-state index in [1.807, 2.05) is 6.07 Å². The number of hydrogen-bond acceptors (Lipinski definition) is 7. The van der Waals surface area contributed by atoms with Crippen molar-refractivity contribution in [3.63, 3.8) is 0 Å². The number of aliphatic hydroxyl groups excluding tert-OH is 1. The predicted octanol–water partition coefficient (Wildman–Crippen LogP) is 1.41. The van der Waals surface area contributed by atoms with Crippen molar-refractivity contribution in [1.82, 2.24) is 10.3 Å². The zero-order valence-corrected chi connectivity index (χ0v) is 19.3. The van der Waals surface area contributed by atoms with Gasteiger partial charge in [-0.15, -0.1) is 0 Å². The first-order valence-corrected chi connectivity index (χ1v) is 11.5. The molecule has 0 bridgehead atoms. The third-order valence-electron chi connectivity index (χ3n) is 6.49. The second kappa shape index (κ2) is 10.3. The molecule has 0 aliphatic carbocycles. The molecule has 35 heavy (non-hydrogen) atoms. The topological polar surface area (TPSA) is 138 Å². The van der Waals surface area contributed by atoms with Crippen LogP contribution < -0.4 is 20.9 Å². The molecule has 2 aromatic rings. The van der Waals surface area contributed by atoms with Gasteiger partial charge < -0.3 is 25.8 Å². The fraction of sp³-hybridized carbons (Fsp3) is 0.417. The number of nitrogens with two attached hydrogens (primary N) is 1. The summed E-state index contributed by atoms with van der Waals surface area (Å²) in [5, 5.41) is 11.7. The van der Waals surface area contributed by atoms with Crippen LogP contribution in [0.5, 0.6) is 0 Å². The van der Waals surface area contributed by atoms with E-state index in [9.17, 15) is 18.8 Å². The Morgan fingerprint density at radius 1 is 1.29 bits per heavy atom. The number of hydrogen-bond donors (Lipinski definition) is 3. The van der Waals surface area contributed by atoms with E-state index in [0.29, 0.717) is 29.9 Å². The zero-order valence-electron chi connectivity index (χ0n) is 19.3. The van der Waals surface area contributed by atoms with E-state index in [4.69, 9.17) is 15.6 Å². The maximum Gasteiger partial charge on any atom is 0.414 e. The molecule has 2 aliphatic heterocycles. The Hall–Kier alpha value is -3.73. The second-order valence-corrected chi connectivity index (χ2v) is 8.78. The number of aliphatic hydroxyl groups is 1. The number of aromatic nitrogens is 1. The summed E-state index contributed by atoms with van der Waals surface area (Å²) in [5.74, 6) is -1.35. The summed E-state index contributed by atoms with van der Waals surface area (Å²) in [5.41, 5.74) is 6.56. The van der Waals surface area contributed by atoms with Crippen molar-refractivity contribution in [2.24, 2.45) is 11.7 Å². The molecule has 3 heterocycles. The number of halogens is 1. The molecule has 0 saturated carbocycles. The minimum absolute atomic E-state index is 0.0277. The Morgan fingerprint density at radius 2 is 2.03 bits per heavy atom. The third-order valence-corrected chi connectivity index (χ3v) is 6.49. The molecule has 11 heteroatoms. The molecule has 0 radical (unpaired) electrons. The van der Waals surface area contributed by atoms with E-state index < -0.39 is 36.4 Å². The van der Waals surface area contributed by atoms with E-state index in [1.54, 1.807) is 31.3 Å². The maximum absolute atomic E-state index is 15.0. The van der Waals surface area contributed by atoms with Crippen LogP contribution in [0.25, 0.3) is 11.1 Å². The van der Waals surface area contributed by atoms with Gasteiger partial charge in [0.25, 0.3) is 0 Å². The van der Waals surface area contributed by atoms with E-state index in [0.717, 1.165) is 18.7 Å². The van der Waals surface area contributed by atoms with E-state index >= 15 is 0 Å². The van der Waals surface area contributed by atoms with Crippen molar-refractivity contribution in [1.29, 1.82) is 0 Å². The number of carbonyl (C=O) groups is 3. The molecule has 2 saturated heterocycles. The lowest BCUT2D eigenvalue weighted by atomic mass is 10.0. The van der Waals surface area contributed by atoms with Gasteiger partial charge in [-0.25, -0.2) is 14.2 Å². The Bertz CT molecular complexity index is 1100. The largest absolute Gasteiger partial charge is 0.443 e. The van der Waals surface area contributed by atoms with Gasteiger partial charge in [0.1, 0.15) is 24.3 Å². The summed E-state index contributed by atoms with van der Waals surface area (Å²) in [6, 6.07) is 8.09. The van der Waals surface area contributed by atoms with Gasteiger partial charge in [-0.3, -0.25) is 14.5 Å². The molecule has 2 atom stereocenters. The van der Waals surface area contributed by atoms with Gasteiger partial charge in [0.15, 0.2) is 0 Å². The lowest BCUT2D eigenvalue weighted by molar-refractivity contribution is -0.125. The minimum Gasteiger partial charge on any atom is -0.443 e. The molecular weight excluding hydrogens is 457 g/mol. The summed E-state index contributed by atoms with van der Waals surface area (Å²) in [7, 11) is 0. The van der Waals surface area contributed by atoms with Crippen molar-refractivity contribution >= 4 is 29.4 Å². The van der Waals surface area contributed by atoms with Crippen molar-refractivity contribution in [3.8, 4) is 11.1 Å². The van der Waals surface area contributed by atoms with E-state index in [-0.39, 0.29) is 18.5 Å². The molecule has 4 N–H and O–H groups in total. The SMILES string of the molecule is CC(C(N)=O)C1CN(c2ccc(-c3ccc(N4CCC(NC(=O)CO)CC4)nc3)c(F)c2)C(=O)O1. The highest BCUT2D eigenvalue weighted by atomic mass is 19.1. The number of nitrogens with zero attached hydrogens (tertiary/aromatic N) is 3. The molecule has 2 aliphatic rings. The second-order valence-electron chi connectivity index (χ2n) is 8.78. The van der Waals surface area contributed by atoms with Gasteiger partial charge in [-0.05, 0) is 50.1 Å². The van der Waals surface area contributed by atoms with Crippen LogP contribution in [0.4, 0.5) is 20.7 Å². The first kappa shape index (κ1) is 24.4. The molecule has 1 aromatic heterocycles. The van der Waals surface area contributed by atoms with Gasteiger partial charge >= 0.3 is 6.09 Å². The molecule has 2 unspecified atom stereocenters. The molecule has 186 valence electrons. The molecular formula is C24H28FN5O5. The molecule has 4 rings (SSSR count). The predicted molar refractivity (Wildman–Crippen MR) is 126 cm³/mol. The van der Waals surface area contributed by atoms with Gasteiger partial charge in [0.05, 0.1) is 18.2 Å². The van der Waals surface area contributed by atoms with Crippen LogP contribution in [0.3, 0.4) is 0 Å². The number of cyclic esters (lactones) is 1. The highest BCUT2D eigenvalue weighted by Gasteiger charge is 2.38. The molecule has 3 amide bonds. The standard InChI is InChI=1S/C24H28FN5O5/c1-14(23(26)33)20-12-30(24(34)35-20)17-3-4-18(19(25)10-17)15-2-5-21(27-11-15)29-8-6-16(7-9-29)28-22(32)13-31/h2-5,10-11,14,16,20,31H,6-9,12-13H2,1H3,(H2,26,33)(H,28,32). The molecule has 10 nitrogen and oxygen atoms in total. The Morgan fingerprint density at radius 3 is 2.63 bits per heavy atom. The van der Waals surface area contributed by atoms with Crippen LogP contribution in [0.2, 0.25) is 0 Å². The Balaban J connectivity index is 1.41. The maximum atomic E-state index is 15.0. The molecule has 1 aromatic carbocycles. The summed E-state index contributed by atoms with van der Waals surface area (Å²) in [6.45, 7) is 2.58. The minimum atomic E-state index is -0.685. The van der Waals surface area contributed by atoms with E-state index in [2.05, 4.69) is 15.2 Å². The molecule has 0 spiro atoms. The number of amides is 3. The Labute approximate surface area is 201 Å². The van der Waals surface area contributed by atoms with Crippen LogP contribution >= 0.6 is 0 Å². The number of benzene rings is 1. The number of carbonyl (C=O) groups excluding carboxylic acids is 3. The lowest BCUT2D eigenvalue weighted by Gasteiger charge is -2.33. The van der Waals surface area contributed by atoms with Crippen molar-refractivity contribution < 1.29 is 28.6 Å². The van der Waals surface area contributed by atoms with Crippen LogP contribution in [0.1, 0.15) is 19.8 Å². The number of ether oxygens (including phenoxy) is 1. The van der Waals surface area contributed by atoms with Gasteiger partial charge in [-0.1, -0.05) is 0 Å². The smallest absolute Gasteiger partial charge is 0.414 e. The van der Waals surface area contributed by atoms with Crippen molar-refractivity contribution in [2.75, 3.05) is 36.0 Å². The number of nitrogens with one attached hydrogen (secondary N) is 1. The van der Waals surface area contributed by atoms with Crippen LogP contribution in [0, 0.1) is 11.7 Å². The Kier molecular flexibility index (Phi) is 7.15. The number of anilines is 2. The van der Waals surface area contributed by atoms with Crippen LogP contribution in [-0.4, -0.2) is 66.4 Å². The first-order valence-electron chi connectivity index (χ1n) is 11.5. The van der Waals surface area contributed by atoms with Crippen LogP contribution in [0.15, 0.2) is 36.5 Å². The lowest BCUT2D eigenvalue weighted by Crippen LogP contribution is -2.45. The van der Waals surface area contributed by atoms with Crippen LogP contribution in [-0.2, 0) is 14.3 Å².